The molecule has 0 aliphatic carbocycles. The third-order valence-electron chi connectivity index (χ3n) is 4.79. The number of benzene rings is 1. The lowest BCUT2D eigenvalue weighted by molar-refractivity contribution is -0.274. The second-order valence-electron chi connectivity index (χ2n) is 7.34. The molecule has 1 aromatic carbocycles. The molecule has 2 saturated heterocycles. The van der Waals surface area contributed by atoms with Crippen molar-refractivity contribution in [1.29, 1.82) is 0 Å². The fourth-order valence-corrected chi connectivity index (χ4v) is 5.40. The third kappa shape index (κ3) is 5.72. The summed E-state index contributed by atoms with van der Waals surface area (Å²) in [6, 6.07) is 5.34. The van der Waals surface area contributed by atoms with Gasteiger partial charge in [0.05, 0.1) is 5.75 Å². The van der Waals surface area contributed by atoms with E-state index in [-0.39, 0.29) is 23.4 Å². The van der Waals surface area contributed by atoms with Crippen molar-refractivity contribution in [2.45, 2.75) is 37.8 Å². The number of piperidine rings is 1. The summed E-state index contributed by atoms with van der Waals surface area (Å²) < 4.78 is 73.4. The van der Waals surface area contributed by atoms with Gasteiger partial charge in [-0.05, 0) is 31.9 Å². The van der Waals surface area contributed by atoms with E-state index in [1.165, 1.54) is 22.5 Å². The number of sulfonamides is 1. The molecule has 3 rings (SSSR count). The Morgan fingerprint density at radius 1 is 1.25 bits per heavy atom. The van der Waals surface area contributed by atoms with E-state index in [4.69, 9.17) is 4.74 Å². The second kappa shape index (κ2) is 8.05. The van der Waals surface area contributed by atoms with E-state index in [1.54, 1.807) is 6.07 Å². The van der Waals surface area contributed by atoms with Gasteiger partial charge >= 0.3 is 6.36 Å². The van der Waals surface area contributed by atoms with Gasteiger partial charge in [-0.3, -0.25) is 5.32 Å². The zero-order valence-electron chi connectivity index (χ0n) is 15.5. The van der Waals surface area contributed by atoms with Crippen molar-refractivity contribution in [2.75, 3.05) is 32.1 Å². The van der Waals surface area contributed by atoms with E-state index in [2.05, 4.69) is 15.4 Å². The molecular weight excluding hydrogens is 399 g/mol. The predicted octanol–water partition coefficient (Wildman–Crippen LogP) is 1.67. The topological polar surface area (TPSA) is 79.9 Å². The minimum atomic E-state index is -4.77. The first-order valence-electron chi connectivity index (χ1n) is 9.01. The van der Waals surface area contributed by atoms with Gasteiger partial charge < -0.3 is 14.8 Å². The summed E-state index contributed by atoms with van der Waals surface area (Å²) in [7, 11) is -3.42. The van der Waals surface area contributed by atoms with Gasteiger partial charge in [0.1, 0.15) is 17.6 Å². The third-order valence-corrected chi connectivity index (χ3v) is 6.95. The first-order valence-corrected chi connectivity index (χ1v) is 10.6. The Hall–Kier alpha value is -1.56. The molecule has 0 aromatic heterocycles. The molecule has 2 aliphatic heterocycles. The Bertz CT molecular complexity index is 774. The molecule has 2 heterocycles. The molecule has 2 fully saturated rings. The van der Waals surface area contributed by atoms with Crippen molar-refractivity contribution in [2.24, 2.45) is 0 Å². The van der Waals surface area contributed by atoms with Crippen molar-refractivity contribution in [1.82, 2.24) is 14.9 Å². The summed E-state index contributed by atoms with van der Waals surface area (Å²) in [6.45, 7) is 3.67. The molecule has 1 atom stereocenters. The largest absolute Gasteiger partial charge is 0.573 e. The van der Waals surface area contributed by atoms with Crippen LogP contribution in [0, 0.1) is 0 Å². The quantitative estimate of drug-likeness (QED) is 0.725. The van der Waals surface area contributed by atoms with Gasteiger partial charge in [-0.1, -0.05) is 6.07 Å². The van der Waals surface area contributed by atoms with Gasteiger partial charge in [0.25, 0.3) is 0 Å². The maximum atomic E-state index is 12.7. The highest BCUT2D eigenvalue weighted by Crippen LogP contribution is 2.28. The number of ether oxygens (including phenoxy) is 2. The van der Waals surface area contributed by atoms with E-state index in [1.807, 2.05) is 6.92 Å². The second-order valence-corrected chi connectivity index (χ2v) is 9.31. The van der Waals surface area contributed by atoms with E-state index in [9.17, 15) is 21.6 Å². The zero-order valence-corrected chi connectivity index (χ0v) is 16.3. The summed E-state index contributed by atoms with van der Waals surface area (Å²) in [5, 5.41) is 6.25. The van der Waals surface area contributed by atoms with Crippen LogP contribution in [0.4, 0.5) is 13.2 Å². The highest BCUT2D eigenvalue weighted by atomic mass is 32.2. The van der Waals surface area contributed by atoms with Gasteiger partial charge in [-0.15, -0.1) is 13.2 Å². The van der Waals surface area contributed by atoms with Crippen LogP contribution in [0.5, 0.6) is 11.5 Å². The molecular formula is C17H24F3N3O4S. The molecule has 1 aromatic rings. The van der Waals surface area contributed by atoms with Gasteiger partial charge in [-0.2, -0.15) is 0 Å². The maximum absolute atomic E-state index is 12.7. The number of halogens is 3. The molecule has 0 spiro atoms. The predicted molar refractivity (Wildman–Crippen MR) is 96.5 cm³/mol. The number of hydrogen-bond donors (Lipinski definition) is 2. The Morgan fingerprint density at radius 2 is 1.93 bits per heavy atom. The molecule has 2 N–H and O–H groups in total. The van der Waals surface area contributed by atoms with Crippen molar-refractivity contribution in [3.8, 4) is 11.5 Å². The summed E-state index contributed by atoms with van der Waals surface area (Å²) >= 11 is 0. The molecule has 2 aliphatic rings. The smallest absolute Gasteiger partial charge is 0.490 e. The highest BCUT2D eigenvalue weighted by Gasteiger charge is 2.38. The van der Waals surface area contributed by atoms with Crippen LogP contribution in [-0.4, -0.2) is 62.8 Å². The lowest BCUT2D eigenvalue weighted by Gasteiger charge is -2.34. The monoisotopic (exact) mass is 423 g/mol. The van der Waals surface area contributed by atoms with E-state index in [0.29, 0.717) is 39.1 Å². The SMILES string of the molecule is C[C@@]1(CS(=O)(=O)N2CCC(Oc3cccc(OC(F)(F)F)c3)CC2)CNCN1. The van der Waals surface area contributed by atoms with Crippen LogP contribution in [0.25, 0.3) is 0 Å². The summed E-state index contributed by atoms with van der Waals surface area (Å²) in [5.74, 6) is -0.0808. The minimum absolute atomic E-state index is 0.00928. The average Bonchev–Trinajstić information content (AvgIpc) is 2.99. The molecule has 158 valence electrons. The zero-order chi connectivity index (χ0) is 20.4. The lowest BCUT2D eigenvalue weighted by Crippen LogP contribution is -2.51. The Balaban J connectivity index is 1.53. The number of rotatable bonds is 6. The molecule has 28 heavy (non-hydrogen) atoms. The van der Waals surface area contributed by atoms with Crippen LogP contribution in [-0.2, 0) is 10.0 Å². The number of nitrogens with one attached hydrogen (secondary N) is 2. The minimum Gasteiger partial charge on any atom is -0.490 e. The van der Waals surface area contributed by atoms with Crippen LogP contribution in [0.15, 0.2) is 24.3 Å². The summed E-state index contributed by atoms with van der Waals surface area (Å²) in [5.41, 5.74) is -0.495. The van der Waals surface area contributed by atoms with Gasteiger partial charge in [-0.25, -0.2) is 12.7 Å². The normalized spacial score (nSPS) is 25.0. The van der Waals surface area contributed by atoms with Crippen molar-refractivity contribution in [3.63, 3.8) is 0 Å². The number of nitrogens with zero attached hydrogens (tertiary/aromatic N) is 1. The fraction of sp³-hybridized carbons (Fsp3) is 0.647. The lowest BCUT2D eigenvalue weighted by atomic mass is 10.1. The van der Waals surface area contributed by atoms with Gasteiger partial charge in [0.2, 0.25) is 10.0 Å². The number of alkyl halides is 3. The van der Waals surface area contributed by atoms with E-state index < -0.39 is 21.9 Å². The average molecular weight is 423 g/mol. The van der Waals surface area contributed by atoms with Crippen molar-refractivity contribution >= 4 is 10.0 Å². The van der Waals surface area contributed by atoms with Gasteiger partial charge in [0.15, 0.2) is 0 Å². The molecule has 0 unspecified atom stereocenters. The Morgan fingerprint density at radius 3 is 2.54 bits per heavy atom. The standard InChI is InChI=1S/C17H24F3N3O4S/c1-16(10-21-12-22-16)11-28(24,25)23-7-5-13(6-8-23)26-14-3-2-4-15(9-14)27-17(18,19)20/h2-4,9,13,21-22H,5-8,10-12H2,1H3/t16-/m0/s1. The molecule has 0 bridgehead atoms. The summed E-state index contributed by atoms with van der Waals surface area (Å²) in [4.78, 5) is 0. The van der Waals surface area contributed by atoms with Crippen LogP contribution >= 0.6 is 0 Å². The molecule has 0 saturated carbocycles. The van der Waals surface area contributed by atoms with Crippen molar-refractivity contribution < 1.29 is 31.1 Å². The molecule has 11 heteroatoms. The Labute approximate surface area is 162 Å². The van der Waals surface area contributed by atoms with E-state index in [0.717, 1.165) is 0 Å². The molecule has 7 nitrogen and oxygen atoms in total. The van der Waals surface area contributed by atoms with Gasteiger partial charge in [0, 0.05) is 37.9 Å². The van der Waals surface area contributed by atoms with E-state index >= 15 is 0 Å². The first kappa shape index (κ1) is 21.2. The van der Waals surface area contributed by atoms with Crippen LogP contribution in [0.1, 0.15) is 19.8 Å². The maximum Gasteiger partial charge on any atom is 0.573 e. The van der Waals surface area contributed by atoms with Crippen LogP contribution < -0.4 is 20.1 Å². The summed E-state index contributed by atoms with van der Waals surface area (Å²) in [6.07, 6.45) is -4.11. The van der Waals surface area contributed by atoms with Crippen LogP contribution in [0.3, 0.4) is 0 Å². The molecule has 0 amide bonds. The molecule has 0 radical (unpaired) electrons. The van der Waals surface area contributed by atoms with Crippen molar-refractivity contribution in [3.05, 3.63) is 24.3 Å². The fourth-order valence-electron chi connectivity index (χ4n) is 3.44. The Kier molecular flexibility index (Phi) is 6.08. The van der Waals surface area contributed by atoms with Crippen LogP contribution in [0.2, 0.25) is 0 Å². The highest BCUT2D eigenvalue weighted by molar-refractivity contribution is 7.89. The first-order chi connectivity index (χ1) is 13.0. The number of hydrogen-bond acceptors (Lipinski definition) is 6.